The zero-order valence-corrected chi connectivity index (χ0v) is 20.4. The van der Waals surface area contributed by atoms with E-state index in [9.17, 15) is 13.2 Å². The highest BCUT2D eigenvalue weighted by molar-refractivity contribution is 7.89. The summed E-state index contributed by atoms with van der Waals surface area (Å²) in [7, 11) is -3.69. The van der Waals surface area contributed by atoms with Crippen LogP contribution in [0.2, 0.25) is 0 Å². The second kappa shape index (κ2) is 10.1. The van der Waals surface area contributed by atoms with E-state index in [1.807, 2.05) is 24.3 Å². The van der Waals surface area contributed by atoms with Crippen molar-refractivity contribution in [1.82, 2.24) is 19.3 Å². The van der Waals surface area contributed by atoms with Crippen LogP contribution in [0.15, 0.2) is 33.7 Å². The number of aryl methyl sites for hydroxylation is 2. The van der Waals surface area contributed by atoms with E-state index in [-0.39, 0.29) is 29.7 Å². The predicted octanol–water partition coefficient (Wildman–Crippen LogP) is 1.21. The lowest BCUT2D eigenvalue weighted by atomic mass is 10.2. The number of hydrogen-bond donors (Lipinski definition) is 0. The molecule has 0 radical (unpaired) electrons. The first kappa shape index (κ1) is 24.2. The van der Waals surface area contributed by atoms with Gasteiger partial charge >= 0.3 is 0 Å². The zero-order chi connectivity index (χ0) is 24.3. The maximum Gasteiger partial charge on any atom is 0.248 e. The molecule has 2 aromatic rings. The van der Waals surface area contributed by atoms with Gasteiger partial charge in [0.15, 0.2) is 5.76 Å². The molecule has 10 nitrogen and oxygen atoms in total. The van der Waals surface area contributed by atoms with Gasteiger partial charge in [-0.15, -0.1) is 0 Å². The molecule has 2 aliphatic rings. The van der Waals surface area contributed by atoms with E-state index in [0.717, 1.165) is 38.3 Å². The van der Waals surface area contributed by atoms with Crippen LogP contribution in [0.4, 0.5) is 5.69 Å². The van der Waals surface area contributed by atoms with Crippen LogP contribution in [0, 0.1) is 25.2 Å². The highest BCUT2D eigenvalue weighted by Crippen LogP contribution is 2.24. The molecule has 0 saturated carbocycles. The molecule has 0 aliphatic carbocycles. The summed E-state index contributed by atoms with van der Waals surface area (Å²) < 4.78 is 32.4. The number of amides is 1. The molecule has 2 fully saturated rings. The van der Waals surface area contributed by atoms with Crippen molar-refractivity contribution in [3.8, 4) is 6.07 Å². The summed E-state index contributed by atoms with van der Waals surface area (Å²) in [6.07, 6.45) is 0.941. The molecule has 11 heteroatoms. The Labute approximate surface area is 200 Å². The first-order valence-electron chi connectivity index (χ1n) is 11.5. The number of piperazine rings is 1. The van der Waals surface area contributed by atoms with Gasteiger partial charge in [-0.1, -0.05) is 5.16 Å². The first-order valence-corrected chi connectivity index (χ1v) is 12.9. The minimum atomic E-state index is -3.69. The summed E-state index contributed by atoms with van der Waals surface area (Å²) in [5.74, 6) is 0.313. The van der Waals surface area contributed by atoms with E-state index >= 15 is 0 Å². The van der Waals surface area contributed by atoms with Gasteiger partial charge in [-0.25, -0.2) is 8.42 Å². The number of sulfonamides is 1. The Bertz CT molecular complexity index is 1140. The second-order valence-electron chi connectivity index (χ2n) is 8.71. The number of hydrogen-bond acceptors (Lipinski definition) is 8. The Hall–Kier alpha value is -2.94. The molecule has 1 aromatic heterocycles. The summed E-state index contributed by atoms with van der Waals surface area (Å²) in [4.78, 5) is 19.3. The highest BCUT2D eigenvalue weighted by Gasteiger charge is 2.34. The van der Waals surface area contributed by atoms with E-state index in [4.69, 9.17) is 9.78 Å². The monoisotopic (exact) mass is 486 g/mol. The third kappa shape index (κ3) is 5.09. The number of anilines is 1. The molecular formula is C23H30N6O4S. The van der Waals surface area contributed by atoms with Gasteiger partial charge in [0.25, 0.3) is 0 Å². The van der Waals surface area contributed by atoms with Crippen LogP contribution in [0.1, 0.15) is 23.4 Å². The third-order valence-electron chi connectivity index (χ3n) is 6.47. The molecular weight excluding hydrogens is 456 g/mol. The molecule has 0 spiro atoms. The quantitative estimate of drug-likeness (QED) is 0.620. The summed E-state index contributed by atoms with van der Waals surface area (Å²) in [5, 5.41) is 12.7. The van der Waals surface area contributed by atoms with Gasteiger partial charge in [-0.05, 0) is 44.5 Å². The fourth-order valence-electron chi connectivity index (χ4n) is 4.58. The molecule has 1 amide bonds. The van der Waals surface area contributed by atoms with Gasteiger partial charge in [0.2, 0.25) is 15.9 Å². The molecule has 2 aliphatic heterocycles. The molecule has 0 bridgehead atoms. The fourth-order valence-corrected chi connectivity index (χ4v) is 6.29. The van der Waals surface area contributed by atoms with E-state index in [0.29, 0.717) is 30.9 Å². The summed E-state index contributed by atoms with van der Waals surface area (Å²) in [6.45, 7) is 8.10. The molecule has 0 unspecified atom stereocenters. The Morgan fingerprint density at radius 3 is 2.35 bits per heavy atom. The number of nitrogens with zero attached hydrogens (tertiary/aromatic N) is 6. The number of rotatable bonds is 5. The SMILES string of the molecule is Cc1noc(C)c1S(=O)(=O)N1CCN(C(=O)CN2CCCN(c3ccc(C#N)cc3)CC2)CC1. The fraction of sp³-hybridized carbons (Fsp3) is 0.522. The number of benzene rings is 1. The number of carbonyl (C=O) groups is 1. The van der Waals surface area contributed by atoms with Crippen molar-refractivity contribution >= 4 is 21.6 Å². The minimum Gasteiger partial charge on any atom is -0.370 e. The Kier molecular flexibility index (Phi) is 7.21. The van der Waals surface area contributed by atoms with Crippen LogP contribution in [-0.4, -0.2) is 92.5 Å². The van der Waals surface area contributed by atoms with E-state index in [1.54, 1.807) is 18.7 Å². The molecule has 182 valence electrons. The van der Waals surface area contributed by atoms with Crippen LogP contribution >= 0.6 is 0 Å². The van der Waals surface area contributed by atoms with Crippen molar-refractivity contribution in [2.75, 3.05) is 63.8 Å². The Morgan fingerprint density at radius 2 is 1.74 bits per heavy atom. The molecule has 2 saturated heterocycles. The smallest absolute Gasteiger partial charge is 0.248 e. The van der Waals surface area contributed by atoms with Gasteiger partial charge in [-0.2, -0.15) is 9.57 Å². The molecule has 34 heavy (non-hydrogen) atoms. The van der Waals surface area contributed by atoms with Gasteiger partial charge in [-0.3, -0.25) is 9.69 Å². The van der Waals surface area contributed by atoms with Gasteiger partial charge in [0, 0.05) is 58.0 Å². The van der Waals surface area contributed by atoms with Crippen LogP contribution < -0.4 is 4.90 Å². The average molecular weight is 487 g/mol. The summed E-state index contributed by atoms with van der Waals surface area (Å²) in [5.41, 5.74) is 2.08. The topological polar surface area (TPSA) is 114 Å². The predicted molar refractivity (Wildman–Crippen MR) is 126 cm³/mol. The lowest BCUT2D eigenvalue weighted by Gasteiger charge is -2.35. The summed E-state index contributed by atoms with van der Waals surface area (Å²) in [6, 6.07) is 9.73. The highest BCUT2D eigenvalue weighted by atomic mass is 32.2. The maximum atomic E-state index is 13.0. The van der Waals surface area contributed by atoms with Crippen LogP contribution in [0.5, 0.6) is 0 Å². The molecule has 3 heterocycles. The van der Waals surface area contributed by atoms with Crippen molar-refractivity contribution in [2.24, 2.45) is 0 Å². The molecule has 0 atom stereocenters. The van der Waals surface area contributed by atoms with Gasteiger partial charge < -0.3 is 14.3 Å². The Morgan fingerprint density at radius 1 is 1.03 bits per heavy atom. The van der Waals surface area contributed by atoms with Crippen LogP contribution in [0.3, 0.4) is 0 Å². The first-order chi connectivity index (χ1) is 16.3. The minimum absolute atomic E-state index is 0.0289. The van der Waals surface area contributed by atoms with Gasteiger partial charge in [0.05, 0.1) is 18.2 Å². The summed E-state index contributed by atoms with van der Waals surface area (Å²) >= 11 is 0. The van der Waals surface area contributed by atoms with Crippen molar-refractivity contribution in [2.45, 2.75) is 25.2 Å². The van der Waals surface area contributed by atoms with E-state index in [2.05, 4.69) is 21.0 Å². The van der Waals surface area contributed by atoms with Crippen LogP contribution in [-0.2, 0) is 14.8 Å². The Balaban J connectivity index is 1.29. The average Bonchev–Trinajstić information content (AvgIpc) is 3.03. The largest absolute Gasteiger partial charge is 0.370 e. The number of carbonyl (C=O) groups excluding carboxylic acids is 1. The molecule has 4 rings (SSSR count). The standard InChI is InChI=1S/C23H30N6O4S/c1-18-23(19(2)33-25-18)34(31,32)29-14-12-28(13-15-29)22(30)17-26-8-3-9-27(11-10-26)21-6-4-20(16-24)5-7-21/h4-7H,3,8-15,17H2,1-2H3. The third-order valence-corrected chi connectivity index (χ3v) is 8.61. The number of aromatic nitrogens is 1. The van der Waals surface area contributed by atoms with Crippen molar-refractivity contribution < 1.29 is 17.7 Å². The number of nitriles is 1. The van der Waals surface area contributed by atoms with Crippen LogP contribution in [0.25, 0.3) is 0 Å². The van der Waals surface area contributed by atoms with Crippen molar-refractivity contribution in [3.05, 3.63) is 41.3 Å². The second-order valence-corrected chi connectivity index (χ2v) is 10.6. The lowest BCUT2D eigenvalue weighted by Crippen LogP contribution is -2.52. The molecule has 0 N–H and O–H groups in total. The van der Waals surface area contributed by atoms with E-state index < -0.39 is 10.0 Å². The lowest BCUT2D eigenvalue weighted by molar-refractivity contribution is -0.133. The van der Waals surface area contributed by atoms with Crippen molar-refractivity contribution in [3.63, 3.8) is 0 Å². The van der Waals surface area contributed by atoms with Crippen molar-refractivity contribution in [1.29, 1.82) is 5.26 Å². The van der Waals surface area contributed by atoms with E-state index in [1.165, 1.54) is 4.31 Å². The maximum absolute atomic E-state index is 13.0. The molecule has 1 aromatic carbocycles. The zero-order valence-electron chi connectivity index (χ0n) is 19.6. The van der Waals surface area contributed by atoms with Gasteiger partial charge in [0.1, 0.15) is 10.6 Å². The normalized spacial score (nSPS) is 18.5.